The zero-order chi connectivity index (χ0) is 21.5. The van der Waals surface area contributed by atoms with E-state index in [1.807, 2.05) is 12.2 Å². The van der Waals surface area contributed by atoms with Gasteiger partial charge in [-0.2, -0.15) is 0 Å². The minimum atomic E-state index is -0.932. The van der Waals surface area contributed by atoms with Crippen LogP contribution in [0.15, 0.2) is 35.0 Å². The molecule has 0 saturated heterocycles. The summed E-state index contributed by atoms with van der Waals surface area (Å²) in [5, 5.41) is 16.0. The van der Waals surface area contributed by atoms with Gasteiger partial charge in [-0.25, -0.2) is 0 Å². The molecule has 2 bridgehead atoms. The second-order valence-corrected chi connectivity index (χ2v) is 9.61. The van der Waals surface area contributed by atoms with Crippen molar-refractivity contribution in [2.45, 2.75) is 38.6 Å². The smallest absolute Gasteiger partial charge is 0.307 e. The number of thiophene rings is 1. The summed E-state index contributed by atoms with van der Waals surface area (Å²) >= 11 is 1.45. The van der Waals surface area contributed by atoms with Gasteiger partial charge in [0.25, 0.3) is 5.91 Å². The molecule has 0 spiro atoms. The number of allylic oxidation sites excluding steroid dienone is 2. The lowest BCUT2D eigenvalue weighted by atomic mass is 9.82. The van der Waals surface area contributed by atoms with Gasteiger partial charge < -0.3 is 20.2 Å². The van der Waals surface area contributed by atoms with E-state index in [9.17, 15) is 19.5 Å². The molecule has 0 aromatic carbocycles. The number of carboxylic acid groups (broad SMARTS) is 1. The molecule has 2 aromatic rings. The third-order valence-electron chi connectivity index (χ3n) is 6.69. The normalized spacial score (nSPS) is 25.9. The van der Waals surface area contributed by atoms with Gasteiger partial charge in [-0.1, -0.05) is 12.2 Å². The van der Waals surface area contributed by atoms with Gasteiger partial charge in [0.1, 0.15) is 10.8 Å². The fourth-order valence-corrected chi connectivity index (χ4v) is 6.56. The number of nitrogens with one attached hydrogen (secondary N) is 2. The molecule has 162 valence electrons. The molecule has 7 nitrogen and oxygen atoms in total. The topological polar surface area (TPSA) is 109 Å². The van der Waals surface area contributed by atoms with E-state index in [4.69, 9.17) is 4.42 Å². The molecule has 1 saturated carbocycles. The van der Waals surface area contributed by atoms with E-state index in [1.165, 1.54) is 11.3 Å². The van der Waals surface area contributed by atoms with Crippen LogP contribution < -0.4 is 10.6 Å². The Morgan fingerprint density at radius 2 is 1.90 bits per heavy atom. The number of hydrogen-bond donors (Lipinski definition) is 3. The van der Waals surface area contributed by atoms with Crippen LogP contribution in [0.3, 0.4) is 0 Å². The first kappa shape index (κ1) is 20.1. The van der Waals surface area contributed by atoms with Crippen LogP contribution in [0.5, 0.6) is 0 Å². The molecule has 5 rings (SSSR count). The fourth-order valence-electron chi connectivity index (χ4n) is 5.27. The van der Waals surface area contributed by atoms with Crippen molar-refractivity contribution in [2.24, 2.45) is 23.7 Å². The molecule has 3 aliphatic rings. The Hall–Kier alpha value is -2.87. The van der Waals surface area contributed by atoms with Crippen molar-refractivity contribution >= 4 is 34.1 Å². The zero-order valence-electron chi connectivity index (χ0n) is 16.9. The number of hydrogen-bond acceptors (Lipinski definition) is 5. The molecule has 2 heterocycles. The van der Waals surface area contributed by atoms with Crippen molar-refractivity contribution in [3.63, 3.8) is 0 Å². The molecule has 0 unspecified atom stereocenters. The monoisotopic (exact) mass is 440 g/mol. The van der Waals surface area contributed by atoms with Gasteiger partial charge in [-0.15, -0.1) is 11.3 Å². The molecular formula is C23H24N2O5S. The van der Waals surface area contributed by atoms with Crippen molar-refractivity contribution < 1.29 is 23.9 Å². The van der Waals surface area contributed by atoms with Gasteiger partial charge in [0, 0.05) is 4.88 Å². The summed E-state index contributed by atoms with van der Waals surface area (Å²) in [6.45, 7) is 0.266. The van der Waals surface area contributed by atoms with Crippen LogP contribution in [0.2, 0.25) is 0 Å². The first-order valence-corrected chi connectivity index (χ1v) is 11.5. The average Bonchev–Trinajstić information content (AvgIpc) is 3.54. The Morgan fingerprint density at radius 1 is 1.13 bits per heavy atom. The molecule has 3 aliphatic carbocycles. The molecule has 2 aromatic heterocycles. The van der Waals surface area contributed by atoms with Gasteiger partial charge in [0.05, 0.1) is 30.2 Å². The van der Waals surface area contributed by atoms with Gasteiger partial charge in [0.15, 0.2) is 0 Å². The highest BCUT2D eigenvalue weighted by Crippen LogP contribution is 2.49. The van der Waals surface area contributed by atoms with Crippen molar-refractivity contribution in [1.29, 1.82) is 0 Å². The Labute approximate surface area is 183 Å². The van der Waals surface area contributed by atoms with Crippen LogP contribution in [-0.2, 0) is 29.0 Å². The van der Waals surface area contributed by atoms with Crippen molar-refractivity contribution in [3.05, 3.63) is 52.3 Å². The number of aryl methyl sites for hydroxylation is 1. The molecule has 2 amide bonds. The van der Waals surface area contributed by atoms with Gasteiger partial charge in [-0.05, 0) is 61.6 Å². The number of carbonyl (C=O) groups is 3. The largest absolute Gasteiger partial charge is 0.481 e. The van der Waals surface area contributed by atoms with E-state index >= 15 is 0 Å². The van der Waals surface area contributed by atoms with Crippen LogP contribution in [-0.4, -0.2) is 22.9 Å². The van der Waals surface area contributed by atoms with Crippen LogP contribution >= 0.6 is 11.3 Å². The molecule has 0 radical (unpaired) electrons. The van der Waals surface area contributed by atoms with Crippen LogP contribution in [0.25, 0.3) is 0 Å². The minimum Gasteiger partial charge on any atom is -0.481 e. The molecule has 8 heteroatoms. The quantitative estimate of drug-likeness (QED) is 0.595. The lowest BCUT2D eigenvalue weighted by Crippen LogP contribution is -2.36. The molecule has 3 N–H and O–H groups in total. The number of rotatable bonds is 6. The Bertz CT molecular complexity index is 1050. The number of fused-ring (bicyclic) bond motifs is 3. The highest BCUT2D eigenvalue weighted by molar-refractivity contribution is 7.17. The van der Waals surface area contributed by atoms with Crippen LogP contribution in [0.4, 0.5) is 5.00 Å². The summed E-state index contributed by atoms with van der Waals surface area (Å²) in [6, 6.07) is 3.56. The van der Waals surface area contributed by atoms with E-state index in [1.54, 1.807) is 18.4 Å². The zero-order valence-corrected chi connectivity index (χ0v) is 17.7. The van der Waals surface area contributed by atoms with Crippen molar-refractivity contribution in [3.8, 4) is 0 Å². The number of anilines is 1. The summed E-state index contributed by atoms with van der Waals surface area (Å²) in [5.74, 6) is -2.29. The van der Waals surface area contributed by atoms with Crippen LogP contribution in [0, 0.1) is 23.7 Å². The van der Waals surface area contributed by atoms with E-state index < -0.39 is 17.8 Å². The second kappa shape index (κ2) is 8.00. The fraction of sp³-hybridized carbons (Fsp3) is 0.435. The maximum absolute atomic E-state index is 13.2. The number of amides is 2. The highest BCUT2D eigenvalue weighted by Gasteiger charge is 2.51. The van der Waals surface area contributed by atoms with E-state index in [-0.39, 0.29) is 30.2 Å². The predicted molar refractivity (Wildman–Crippen MR) is 115 cm³/mol. The van der Waals surface area contributed by atoms with E-state index in [2.05, 4.69) is 10.6 Å². The maximum Gasteiger partial charge on any atom is 0.307 e. The highest BCUT2D eigenvalue weighted by atomic mass is 32.1. The van der Waals surface area contributed by atoms with Crippen LogP contribution in [0.1, 0.15) is 45.8 Å². The molecule has 4 atom stereocenters. The standard InChI is InChI=1S/C23H24N2O5S/c26-20(24-11-14-4-3-9-30-14)19-15-5-1-2-6-16(15)31-22(19)25-21(27)17-12-7-8-13(10-12)18(17)23(28)29/h3-4,7-9,12-13,17-18H,1-2,5-6,10-11H2,(H,24,26)(H,25,27)(H,28,29)/t12-,13+,17+,18+/m1/s1. The number of aliphatic carboxylic acids is 1. The SMILES string of the molecule is O=C(NCc1ccco1)c1c(NC(=O)[C@@H]2[C@@H](C(=O)O)[C@H]3C=C[C@@H]2C3)sc2c1CCCC2. The number of carbonyl (C=O) groups excluding carboxylic acids is 2. The lowest BCUT2D eigenvalue weighted by molar-refractivity contribution is -0.146. The molecule has 1 fully saturated rings. The summed E-state index contributed by atoms with van der Waals surface area (Å²) in [4.78, 5) is 39.2. The predicted octanol–water partition coefficient (Wildman–Crippen LogP) is 3.61. The third kappa shape index (κ3) is 3.59. The van der Waals surface area contributed by atoms with Gasteiger partial charge in [0.2, 0.25) is 5.91 Å². The van der Waals surface area contributed by atoms with Gasteiger partial charge in [-0.3, -0.25) is 14.4 Å². The summed E-state index contributed by atoms with van der Waals surface area (Å²) in [6.07, 6.45) is 9.91. The maximum atomic E-state index is 13.2. The lowest BCUT2D eigenvalue weighted by Gasteiger charge is -2.23. The molecule has 31 heavy (non-hydrogen) atoms. The number of furan rings is 1. The third-order valence-corrected chi connectivity index (χ3v) is 7.89. The first-order valence-electron chi connectivity index (χ1n) is 10.7. The Balaban J connectivity index is 1.40. The first-order chi connectivity index (χ1) is 15.0. The van der Waals surface area contributed by atoms with Crippen molar-refractivity contribution in [2.75, 3.05) is 5.32 Å². The minimum absolute atomic E-state index is 0.0584. The Morgan fingerprint density at radius 3 is 2.65 bits per heavy atom. The average molecular weight is 441 g/mol. The Kier molecular flexibility index (Phi) is 5.17. The van der Waals surface area contributed by atoms with E-state index in [0.717, 1.165) is 36.1 Å². The summed E-state index contributed by atoms with van der Waals surface area (Å²) < 4.78 is 5.29. The van der Waals surface area contributed by atoms with E-state index in [0.29, 0.717) is 22.7 Å². The summed E-state index contributed by atoms with van der Waals surface area (Å²) in [5.41, 5.74) is 1.52. The number of carboxylic acids is 1. The summed E-state index contributed by atoms with van der Waals surface area (Å²) in [7, 11) is 0. The molecule has 0 aliphatic heterocycles. The second-order valence-electron chi connectivity index (χ2n) is 8.50. The van der Waals surface area contributed by atoms with Gasteiger partial charge >= 0.3 is 5.97 Å². The molecular weight excluding hydrogens is 416 g/mol. The van der Waals surface area contributed by atoms with Crippen molar-refractivity contribution in [1.82, 2.24) is 5.32 Å².